The number of alkyl halides is 18. The Morgan fingerprint density at radius 1 is 0.439 bits per heavy atom. The van der Waals surface area contributed by atoms with Crippen molar-refractivity contribution in [1.29, 1.82) is 0 Å². The monoisotopic (exact) mass is 990 g/mol. The van der Waals surface area contributed by atoms with Gasteiger partial charge in [-0.2, -0.15) is 101 Å². The van der Waals surface area contributed by atoms with Crippen LogP contribution < -0.4 is 14.2 Å². The van der Waals surface area contributed by atoms with Crippen LogP contribution in [0.3, 0.4) is 0 Å². The van der Waals surface area contributed by atoms with E-state index in [-0.39, 0.29) is 19.4 Å². The van der Waals surface area contributed by atoms with Gasteiger partial charge in [0.15, 0.2) is 0 Å². The van der Waals surface area contributed by atoms with Crippen molar-refractivity contribution in [2.75, 3.05) is 0 Å². The van der Waals surface area contributed by atoms with E-state index in [1.807, 2.05) is 0 Å². The SMILES string of the molecule is CC(F)(F)F.CC(F)(F)F.FC(F)=Cc1ccc(C(c2ccc(OC3(F)C(F)(F)C(F)(F)C3(F)Oc3ccc(C(c4ccc(OC(F)=C(F)F)cc4)C(F)(F)F)cc3)cc2)C(F)(F)F)cc1. The van der Waals surface area contributed by atoms with E-state index in [4.69, 9.17) is 0 Å². The molecule has 364 valence electrons. The molecule has 0 radical (unpaired) electrons. The van der Waals surface area contributed by atoms with Gasteiger partial charge in [0, 0.05) is 19.9 Å². The van der Waals surface area contributed by atoms with Crippen LogP contribution in [-0.2, 0) is 0 Å². The quantitative estimate of drug-likeness (QED) is 0.111. The Kier molecular flexibility index (Phi) is 16.1. The molecule has 0 spiro atoms. The number of hydrogen-bond donors (Lipinski definition) is 0. The first-order valence-corrected chi connectivity index (χ1v) is 17.4. The third kappa shape index (κ3) is 13.2. The lowest BCUT2D eigenvalue weighted by Gasteiger charge is -2.55. The molecule has 1 aliphatic carbocycles. The second kappa shape index (κ2) is 19.5. The Bertz CT molecular complexity index is 2250. The second-order valence-corrected chi connectivity index (χ2v) is 13.5. The van der Waals surface area contributed by atoms with E-state index in [9.17, 15) is 92.2 Å². The number of ether oxygens (including phenoxy) is 3. The first kappa shape index (κ1) is 54.5. The molecule has 0 saturated heterocycles. The summed E-state index contributed by atoms with van der Waals surface area (Å²) in [6.45, 7) is 0.375. The van der Waals surface area contributed by atoms with Gasteiger partial charge in [0.05, 0.1) is 0 Å². The minimum Gasteiger partial charge on any atom is -0.447 e. The van der Waals surface area contributed by atoms with Gasteiger partial charge in [-0.25, -0.2) is 0 Å². The van der Waals surface area contributed by atoms with Crippen molar-refractivity contribution in [3.8, 4) is 17.2 Å². The van der Waals surface area contributed by atoms with Crippen molar-refractivity contribution in [2.24, 2.45) is 0 Å². The third-order valence-electron chi connectivity index (χ3n) is 8.33. The van der Waals surface area contributed by atoms with Gasteiger partial charge in [-0.3, -0.25) is 0 Å². The summed E-state index contributed by atoms with van der Waals surface area (Å²) in [6, 6.07) is 7.75. The van der Waals surface area contributed by atoms with E-state index < -0.39 is 118 Å². The molecule has 1 aliphatic rings. The molecule has 66 heavy (non-hydrogen) atoms. The molecule has 4 aromatic rings. The highest BCUT2D eigenvalue weighted by Gasteiger charge is 3.03. The zero-order valence-electron chi connectivity index (χ0n) is 32.4. The molecule has 0 aliphatic heterocycles. The highest BCUT2D eigenvalue weighted by atomic mass is 19.4. The molecule has 0 amide bonds. The van der Waals surface area contributed by atoms with Gasteiger partial charge in [-0.05, 0) is 64.2 Å². The smallest absolute Gasteiger partial charge is 0.399 e. The minimum atomic E-state index is -6.01. The predicted octanol–water partition coefficient (Wildman–Crippen LogP) is 15.9. The fourth-order valence-corrected chi connectivity index (χ4v) is 5.71. The zero-order valence-corrected chi connectivity index (χ0v) is 32.4. The highest BCUT2D eigenvalue weighted by Crippen LogP contribution is 2.68. The average Bonchev–Trinajstić information content (AvgIpc) is 3.14. The van der Waals surface area contributed by atoms with Crippen molar-refractivity contribution >= 4 is 6.08 Å². The lowest BCUT2D eigenvalue weighted by Crippen LogP contribution is -2.89. The molecule has 4 aromatic carbocycles. The lowest BCUT2D eigenvalue weighted by atomic mass is 9.76. The maximum atomic E-state index is 15.8. The standard InChI is InChI=1S/C36H19F17O3.2C2H3F3/c37-26(38)17-18-1-3-19(4-2-18)27(31(42,43)44)21-7-13-24(14-8-21)55-35(52)33(48,49)34(50,51)36(35,53)56-25-15-9-22(10-16-25)28(32(45,46)47)20-5-11-23(12-6-20)54-30(41)29(39)40;2*1-2(3,4)5/h1-17,27-28H;2*1H3. The van der Waals surface area contributed by atoms with Crippen LogP contribution in [0.5, 0.6) is 17.2 Å². The first-order valence-electron chi connectivity index (χ1n) is 17.4. The molecule has 0 N–H and O–H groups in total. The van der Waals surface area contributed by atoms with Gasteiger partial charge in [-0.1, -0.05) is 60.7 Å². The summed E-state index contributed by atoms with van der Waals surface area (Å²) in [5, 5.41) is 0. The molecule has 5 rings (SSSR count). The number of benzene rings is 4. The average molecular weight is 991 g/mol. The number of hydrogen-bond acceptors (Lipinski definition) is 3. The molecule has 0 aromatic heterocycles. The predicted molar refractivity (Wildman–Crippen MR) is 185 cm³/mol. The Hall–Kier alpha value is -5.85. The van der Waals surface area contributed by atoms with E-state index in [0.717, 1.165) is 24.3 Å². The van der Waals surface area contributed by atoms with Gasteiger partial charge < -0.3 is 14.2 Å². The van der Waals surface area contributed by atoms with E-state index in [2.05, 4.69) is 14.2 Å². The molecule has 1 fully saturated rings. The van der Waals surface area contributed by atoms with Gasteiger partial charge in [-0.15, -0.1) is 0 Å². The molecule has 1 saturated carbocycles. The summed E-state index contributed by atoms with van der Waals surface area (Å²) in [5.74, 6) is -31.0. The Labute approximate surface area is 355 Å². The molecule has 0 heterocycles. The molecular weight excluding hydrogens is 965 g/mol. The van der Waals surface area contributed by atoms with Crippen molar-refractivity contribution in [3.05, 3.63) is 143 Å². The topological polar surface area (TPSA) is 27.7 Å². The number of rotatable bonds is 11. The van der Waals surface area contributed by atoms with Gasteiger partial charge in [0.25, 0.3) is 6.08 Å². The normalized spacial score (nSPS) is 19.8. The summed E-state index contributed by atoms with van der Waals surface area (Å²) in [6.07, 6.45) is -22.8. The summed E-state index contributed by atoms with van der Waals surface area (Å²) in [5.41, 5.74) is -2.65. The van der Waals surface area contributed by atoms with E-state index >= 15 is 8.78 Å². The zero-order chi connectivity index (χ0) is 50.6. The van der Waals surface area contributed by atoms with Crippen LogP contribution in [0.15, 0.2) is 115 Å². The van der Waals surface area contributed by atoms with Crippen LogP contribution in [-0.4, -0.2) is 48.3 Å². The number of halogens is 23. The summed E-state index contributed by atoms with van der Waals surface area (Å²) < 4.78 is 312. The van der Waals surface area contributed by atoms with Crippen molar-refractivity contribution in [3.63, 3.8) is 0 Å². The van der Waals surface area contributed by atoms with Crippen molar-refractivity contribution in [1.82, 2.24) is 0 Å². The fraction of sp³-hybridized carbons (Fsp3) is 0.300. The van der Waals surface area contributed by atoms with Crippen molar-refractivity contribution in [2.45, 2.75) is 73.9 Å². The van der Waals surface area contributed by atoms with Crippen molar-refractivity contribution < 1.29 is 115 Å². The molecule has 4 atom stereocenters. The lowest BCUT2D eigenvalue weighted by molar-refractivity contribution is -0.527. The maximum absolute atomic E-state index is 15.8. The largest absolute Gasteiger partial charge is 0.447 e. The van der Waals surface area contributed by atoms with Crippen LogP contribution in [0.4, 0.5) is 101 Å². The van der Waals surface area contributed by atoms with Gasteiger partial charge in [0.2, 0.25) is 0 Å². The van der Waals surface area contributed by atoms with E-state index in [1.54, 1.807) is 0 Å². The van der Waals surface area contributed by atoms with Crippen LogP contribution in [0.25, 0.3) is 6.08 Å². The highest BCUT2D eigenvalue weighted by molar-refractivity contribution is 5.51. The Morgan fingerprint density at radius 3 is 0.939 bits per heavy atom. The Morgan fingerprint density at radius 2 is 0.697 bits per heavy atom. The molecule has 26 heteroatoms. The second-order valence-electron chi connectivity index (χ2n) is 13.5. The molecule has 4 unspecified atom stereocenters. The van der Waals surface area contributed by atoms with E-state index in [0.29, 0.717) is 78.9 Å². The minimum absolute atomic E-state index is 0.161. The van der Waals surface area contributed by atoms with Crippen LogP contribution >= 0.6 is 0 Å². The van der Waals surface area contributed by atoms with Crippen LogP contribution in [0, 0.1) is 0 Å². The van der Waals surface area contributed by atoms with E-state index in [1.165, 1.54) is 0 Å². The van der Waals surface area contributed by atoms with Gasteiger partial charge in [0.1, 0.15) is 29.1 Å². The molecule has 3 nitrogen and oxygen atoms in total. The first-order chi connectivity index (χ1) is 29.8. The van der Waals surface area contributed by atoms with Crippen LogP contribution in [0.1, 0.15) is 53.5 Å². The maximum Gasteiger partial charge on any atom is 0.399 e. The fourth-order valence-electron chi connectivity index (χ4n) is 5.71. The summed E-state index contributed by atoms with van der Waals surface area (Å²) in [7, 11) is 0. The summed E-state index contributed by atoms with van der Waals surface area (Å²) in [4.78, 5) is 0. The Balaban J connectivity index is 0.00000104. The van der Waals surface area contributed by atoms with Gasteiger partial charge >= 0.3 is 60.4 Å². The summed E-state index contributed by atoms with van der Waals surface area (Å²) >= 11 is 0. The third-order valence-corrected chi connectivity index (χ3v) is 8.33. The molecular formula is C40H25F23O3. The van der Waals surface area contributed by atoms with Crippen LogP contribution in [0.2, 0.25) is 0 Å². The molecule has 0 bridgehead atoms.